The lowest BCUT2D eigenvalue weighted by molar-refractivity contribution is -0.119. The number of carbonyl (C=O) groups is 2. The predicted octanol–water partition coefficient (Wildman–Crippen LogP) is 3.77. The lowest BCUT2D eigenvalue weighted by Crippen LogP contribution is -2.21. The van der Waals surface area contributed by atoms with E-state index in [-0.39, 0.29) is 6.61 Å². The van der Waals surface area contributed by atoms with Gasteiger partial charge in [-0.1, -0.05) is 6.07 Å². The second-order valence-electron chi connectivity index (χ2n) is 6.49. The summed E-state index contributed by atoms with van der Waals surface area (Å²) < 4.78 is 16.2. The molecular weight excluding hydrogens is 358 g/mol. The standard InChI is InChI=1S/C22H25NO5/c1-3-26-19-11-10-18(13-20(19)27-4-2)23-21(24)14-28-22(25)17-9-8-15-6-5-7-16(15)12-17/h8-13H,3-7,14H2,1-2H3,(H,23,24). The zero-order valence-corrected chi connectivity index (χ0v) is 16.2. The molecule has 3 rings (SSSR count). The quantitative estimate of drug-likeness (QED) is 0.703. The topological polar surface area (TPSA) is 73.9 Å². The largest absolute Gasteiger partial charge is 0.490 e. The molecule has 2 aromatic rings. The maximum Gasteiger partial charge on any atom is 0.338 e. The van der Waals surface area contributed by atoms with Crippen molar-refractivity contribution in [3.05, 3.63) is 53.1 Å². The third-order valence-electron chi connectivity index (χ3n) is 4.50. The maximum absolute atomic E-state index is 12.2. The molecule has 0 aliphatic heterocycles. The molecule has 0 bridgehead atoms. The van der Waals surface area contributed by atoms with Gasteiger partial charge in [0.05, 0.1) is 18.8 Å². The Balaban J connectivity index is 1.56. The van der Waals surface area contributed by atoms with Gasteiger partial charge in [0.1, 0.15) is 0 Å². The summed E-state index contributed by atoms with van der Waals surface area (Å²) in [5.74, 6) is 0.260. The number of rotatable bonds is 8. The van der Waals surface area contributed by atoms with Gasteiger partial charge in [0, 0.05) is 11.8 Å². The number of amides is 1. The van der Waals surface area contributed by atoms with E-state index in [2.05, 4.69) is 5.32 Å². The van der Waals surface area contributed by atoms with Crippen molar-refractivity contribution < 1.29 is 23.8 Å². The number of nitrogens with one attached hydrogen (secondary N) is 1. The Morgan fingerprint density at radius 3 is 2.46 bits per heavy atom. The Labute approximate surface area is 164 Å². The summed E-state index contributed by atoms with van der Waals surface area (Å²) in [6, 6.07) is 10.7. The van der Waals surface area contributed by atoms with Crippen LogP contribution in [0.25, 0.3) is 0 Å². The highest BCUT2D eigenvalue weighted by molar-refractivity contribution is 5.95. The Bertz CT molecular complexity index is 862. The third-order valence-corrected chi connectivity index (χ3v) is 4.50. The molecule has 28 heavy (non-hydrogen) atoms. The second-order valence-corrected chi connectivity index (χ2v) is 6.49. The van der Waals surface area contributed by atoms with Crippen LogP contribution in [-0.2, 0) is 22.4 Å². The summed E-state index contributed by atoms with van der Waals surface area (Å²) >= 11 is 0. The number of hydrogen-bond donors (Lipinski definition) is 1. The van der Waals surface area contributed by atoms with Gasteiger partial charge in [-0.2, -0.15) is 0 Å². The van der Waals surface area contributed by atoms with Crippen LogP contribution >= 0.6 is 0 Å². The fourth-order valence-corrected chi connectivity index (χ4v) is 3.24. The van der Waals surface area contributed by atoms with E-state index in [9.17, 15) is 9.59 Å². The molecule has 2 aromatic carbocycles. The maximum atomic E-state index is 12.2. The SMILES string of the molecule is CCOc1ccc(NC(=O)COC(=O)c2ccc3c(c2)CCC3)cc1OCC. The molecule has 0 spiro atoms. The van der Waals surface area contributed by atoms with E-state index in [0.717, 1.165) is 19.3 Å². The van der Waals surface area contributed by atoms with Gasteiger partial charge in [-0.15, -0.1) is 0 Å². The minimum Gasteiger partial charge on any atom is -0.490 e. The highest BCUT2D eigenvalue weighted by Gasteiger charge is 2.16. The van der Waals surface area contributed by atoms with Crippen LogP contribution in [0.15, 0.2) is 36.4 Å². The zero-order chi connectivity index (χ0) is 19.9. The molecule has 0 aromatic heterocycles. The average molecular weight is 383 g/mol. The van der Waals surface area contributed by atoms with Crippen molar-refractivity contribution in [1.29, 1.82) is 0 Å². The molecule has 1 aliphatic rings. The van der Waals surface area contributed by atoms with Gasteiger partial charge in [-0.25, -0.2) is 4.79 Å². The van der Waals surface area contributed by atoms with Crippen LogP contribution in [0, 0.1) is 0 Å². The summed E-state index contributed by atoms with van der Waals surface area (Å²) in [4.78, 5) is 24.4. The van der Waals surface area contributed by atoms with Crippen LogP contribution in [0.5, 0.6) is 11.5 Å². The number of hydrogen-bond acceptors (Lipinski definition) is 5. The van der Waals surface area contributed by atoms with Gasteiger partial charge >= 0.3 is 5.97 Å². The smallest absolute Gasteiger partial charge is 0.338 e. The van der Waals surface area contributed by atoms with Crippen molar-refractivity contribution in [1.82, 2.24) is 0 Å². The second kappa shape index (κ2) is 9.26. The van der Waals surface area contributed by atoms with Crippen molar-refractivity contribution in [2.75, 3.05) is 25.1 Å². The molecule has 0 unspecified atom stereocenters. The van der Waals surface area contributed by atoms with E-state index < -0.39 is 11.9 Å². The van der Waals surface area contributed by atoms with Gasteiger partial charge < -0.3 is 19.5 Å². The van der Waals surface area contributed by atoms with Crippen molar-refractivity contribution in [2.45, 2.75) is 33.1 Å². The fourth-order valence-electron chi connectivity index (χ4n) is 3.24. The highest BCUT2D eigenvalue weighted by Crippen LogP contribution is 2.30. The van der Waals surface area contributed by atoms with Gasteiger partial charge in [0.2, 0.25) is 0 Å². The summed E-state index contributed by atoms with van der Waals surface area (Å²) in [5.41, 5.74) is 3.50. The van der Waals surface area contributed by atoms with Crippen LogP contribution < -0.4 is 14.8 Å². The summed E-state index contributed by atoms with van der Waals surface area (Å²) in [6.07, 6.45) is 3.15. The molecular formula is C22H25NO5. The molecule has 6 nitrogen and oxygen atoms in total. The molecule has 0 saturated carbocycles. The van der Waals surface area contributed by atoms with Gasteiger partial charge in [-0.3, -0.25) is 4.79 Å². The number of fused-ring (bicyclic) bond motifs is 1. The van der Waals surface area contributed by atoms with Crippen LogP contribution in [0.2, 0.25) is 0 Å². The molecule has 0 saturated heterocycles. The summed E-state index contributed by atoms with van der Waals surface area (Å²) in [5, 5.41) is 2.71. The van der Waals surface area contributed by atoms with E-state index in [0.29, 0.717) is 36.0 Å². The number of benzene rings is 2. The fraction of sp³-hybridized carbons (Fsp3) is 0.364. The Morgan fingerprint density at radius 1 is 0.929 bits per heavy atom. The van der Waals surface area contributed by atoms with E-state index in [4.69, 9.17) is 14.2 Å². The molecule has 6 heteroatoms. The monoisotopic (exact) mass is 383 g/mol. The van der Waals surface area contributed by atoms with E-state index in [1.54, 1.807) is 24.3 Å². The van der Waals surface area contributed by atoms with Crippen LogP contribution in [0.1, 0.15) is 41.8 Å². The molecule has 1 amide bonds. The van der Waals surface area contributed by atoms with E-state index in [1.165, 1.54) is 11.1 Å². The van der Waals surface area contributed by atoms with Crippen LogP contribution in [-0.4, -0.2) is 31.7 Å². The summed E-state index contributed by atoms with van der Waals surface area (Å²) in [7, 11) is 0. The van der Waals surface area contributed by atoms with E-state index >= 15 is 0 Å². The van der Waals surface area contributed by atoms with Crippen molar-refractivity contribution >= 4 is 17.6 Å². The molecule has 0 radical (unpaired) electrons. The third kappa shape index (κ3) is 4.82. The van der Waals surface area contributed by atoms with Crippen molar-refractivity contribution in [3.8, 4) is 11.5 Å². The Hall–Kier alpha value is -3.02. The Kier molecular flexibility index (Phi) is 6.53. The molecule has 0 heterocycles. The molecule has 148 valence electrons. The summed E-state index contributed by atoms with van der Waals surface area (Å²) in [6.45, 7) is 4.41. The first-order valence-electron chi connectivity index (χ1n) is 9.59. The van der Waals surface area contributed by atoms with Crippen LogP contribution in [0.4, 0.5) is 5.69 Å². The predicted molar refractivity (Wildman–Crippen MR) is 106 cm³/mol. The number of aryl methyl sites for hydroxylation is 2. The van der Waals surface area contributed by atoms with Crippen LogP contribution in [0.3, 0.4) is 0 Å². The lowest BCUT2D eigenvalue weighted by Gasteiger charge is -2.13. The molecule has 0 fully saturated rings. The lowest BCUT2D eigenvalue weighted by atomic mass is 10.1. The highest BCUT2D eigenvalue weighted by atomic mass is 16.5. The normalized spacial score (nSPS) is 12.2. The number of anilines is 1. The van der Waals surface area contributed by atoms with E-state index in [1.807, 2.05) is 26.0 Å². The Morgan fingerprint density at radius 2 is 1.68 bits per heavy atom. The molecule has 0 atom stereocenters. The first-order chi connectivity index (χ1) is 13.6. The minimum atomic E-state index is -0.494. The van der Waals surface area contributed by atoms with Gasteiger partial charge in [0.15, 0.2) is 18.1 Å². The number of carbonyl (C=O) groups excluding carboxylic acids is 2. The number of esters is 1. The first kappa shape index (κ1) is 19.7. The van der Waals surface area contributed by atoms with Crippen molar-refractivity contribution in [2.24, 2.45) is 0 Å². The van der Waals surface area contributed by atoms with Gasteiger partial charge in [0.25, 0.3) is 5.91 Å². The molecule has 1 N–H and O–H groups in total. The van der Waals surface area contributed by atoms with Crippen molar-refractivity contribution in [3.63, 3.8) is 0 Å². The minimum absolute atomic E-state index is 0.354. The first-order valence-corrected chi connectivity index (χ1v) is 9.59. The zero-order valence-electron chi connectivity index (χ0n) is 16.2. The molecule has 1 aliphatic carbocycles. The van der Waals surface area contributed by atoms with Gasteiger partial charge in [-0.05, 0) is 68.5 Å². The average Bonchev–Trinajstić information content (AvgIpc) is 3.16. The number of ether oxygens (including phenoxy) is 3.